The van der Waals surface area contributed by atoms with Gasteiger partial charge in [0.15, 0.2) is 5.96 Å². The fraction of sp³-hybridized carbons (Fsp3) is 0.400. The fourth-order valence-corrected chi connectivity index (χ4v) is 3.62. The van der Waals surface area contributed by atoms with Gasteiger partial charge in [-0.05, 0) is 37.1 Å². The second kappa shape index (κ2) is 10.8. The van der Waals surface area contributed by atoms with Crippen LogP contribution in [0.5, 0.6) is 0 Å². The van der Waals surface area contributed by atoms with Crippen LogP contribution in [0.25, 0.3) is 11.4 Å². The topological polar surface area (TPSA) is 96.4 Å². The van der Waals surface area contributed by atoms with Crippen LogP contribution in [0.2, 0.25) is 5.02 Å². The van der Waals surface area contributed by atoms with Gasteiger partial charge in [-0.2, -0.15) is 10.1 Å². The third kappa shape index (κ3) is 6.10. The van der Waals surface area contributed by atoms with E-state index in [0.29, 0.717) is 29.2 Å². The van der Waals surface area contributed by atoms with Crippen molar-refractivity contribution < 1.29 is 4.52 Å². The molecule has 11 heteroatoms. The lowest BCUT2D eigenvalue weighted by Gasteiger charge is -2.34. The van der Waals surface area contributed by atoms with Crippen LogP contribution in [0.3, 0.4) is 0 Å². The van der Waals surface area contributed by atoms with Crippen LogP contribution in [-0.2, 0) is 13.6 Å². The van der Waals surface area contributed by atoms with Gasteiger partial charge in [0.25, 0.3) is 0 Å². The maximum absolute atomic E-state index is 5.93. The minimum absolute atomic E-state index is 0. The first-order valence-electron chi connectivity index (χ1n) is 9.90. The lowest BCUT2D eigenvalue weighted by Crippen LogP contribution is -2.51. The standard InChI is InChI=1S/C20H25ClN8O.HI/c1-22-20(25-16-4-3-9-29(12-16)17-10-24-28(2)13-17)23-11-18-26-19(27-30-18)14-5-7-15(21)8-6-14;/h5-8,10,13,16H,3-4,9,11-12H2,1-2H3,(H2,22,23,25);1H. The molecule has 2 aromatic heterocycles. The molecule has 2 N–H and O–H groups in total. The highest BCUT2D eigenvalue weighted by molar-refractivity contribution is 14.0. The zero-order chi connectivity index (χ0) is 20.9. The molecule has 31 heavy (non-hydrogen) atoms. The third-order valence-electron chi connectivity index (χ3n) is 5.02. The molecule has 4 rings (SSSR count). The molecule has 0 radical (unpaired) electrons. The second-order valence-corrected chi connectivity index (χ2v) is 7.68. The molecule has 9 nitrogen and oxygen atoms in total. The predicted octanol–water partition coefficient (Wildman–Crippen LogP) is 3.08. The summed E-state index contributed by atoms with van der Waals surface area (Å²) in [5, 5.41) is 15.7. The summed E-state index contributed by atoms with van der Waals surface area (Å²) in [6.45, 7) is 2.32. The first-order valence-corrected chi connectivity index (χ1v) is 10.3. The van der Waals surface area contributed by atoms with Gasteiger partial charge in [-0.3, -0.25) is 9.67 Å². The van der Waals surface area contributed by atoms with E-state index < -0.39 is 0 Å². The second-order valence-electron chi connectivity index (χ2n) is 7.25. The molecular formula is C20H26ClIN8O. The average molecular weight is 557 g/mol. The Hall–Kier alpha value is -2.34. The number of rotatable bonds is 5. The van der Waals surface area contributed by atoms with E-state index in [0.717, 1.165) is 37.2 Å². The van der Waals surface area contributed by atoms with Crippen molar-refractivity contribution in [3.8, 4) is 11.4 Å². The van der Waals surface area contributed by atoms with E-state index in [1.807, 2.05) is 36.3 Å². The summed E-state index contributed by atoms with van der Waals surface area (Å²) in [4.78, 5) is 11.1. The highest BCUT2D eigenvalue weighted by Gasteiger charge is 2.22. The van der Waals surface area contributed by atoms with Crippen LogP contribution in [0.4, 0.5) is 5.69 Å². The Bertz CT molecular complexity index is 1000. The van der Waals surface area contributed by atoms with Crippen LogP contribution in [0, 0.1) is 0 Å². The van der Waals surface area contributed by atoms with E-state index in [2.05, 4.69) is 35.8 Å². The third-order valence-corrected chi connectivity index (χ3v) is 5.27. The number of hydrogen-bond donors (Lipinski definition) is 2. The SMILES string of the molecule is CN=C(NCc1nc(-c2ccc(Cl)cc2)no1)NC1CCCN(c2cnn(C)c2)C1.I. The van der Waals surface area contributed by atoms with Gasteiger partial charge in [-0.25, -0.2) is 0 Å². The minimum Gasteiger partial charge on any atom is -0.367 e. The molecule has 1 atom stereocenters. The summed E-state index contributed by atoms with van der Waals surface area (Å²) in [7, 11) is 3.69. The highest BCUT2D eigenvalue weighted by atomic mass is 127. The van der Waals surface area contributed by atoms with Crippen molar-refractivity contribution in [1.82, 2.24) is 30.6 Å². The summed E-state index contributed by atoms with van der Waals surface area (Å²) in [5.41, 5.74) is 2.00. The first-order chi connectivity index (χ1) is 14.6. The maximum atomic E-state index is 5.93. The molecule has 0 amide bonds. The summed E-state index contributed by atoms with van der Waals surface area (Å²) in [6.07, 6.45) is 6.14. The number of halogens is 2. The van der Waals surface area contributed by atoms with Crippen molar-refractivity contribution in [2.24, 2.45) is 12.0 Å². The average Bonchev–Trinajstić information content (AvgIpc) is 3.41. The van der Waals surface area contributed by atoms with Crippen molar-refractivity contribution >= 4 is 47.2 Å². The lowest BCUT2D eigenvalue weighted by atomic mass is 10.1. The van der Waals surface area contributed by atoms with Gasteiger partial charge in [0, 0.05) is 50.0 Å². The largest absolute Gasteiger partial charge is 0.367 e. The number of hydrogen-bond acceptors (Lipinski definition) is 6. The Morgan fingerprint density at radius 1 is 1.32 bits per heavy atom. The highest BCUT2D eigenvalue weighted by Crippen LogP contribution is 2.20. The summed E-state index contributed by atoms with van der Waals surface area (Å²) in [6, 6.07) is 7.62. The number of aromatic nitrogens is 4. The molecule has 1 aliphatic rings. The van der Waals surface area contributed by atoms with E-state index in [1.165, 1.54) is 0 Å². The van der Waals surface area contributed by atoms with Crippen LogP contribution >= 0.6 is 35.6 Å². The van der Waals surface area contributed by atoms with Crippen LogP contribution in [0.1, 0.15) is 18.7 Å². The van der Waals surface area contributed by atoms with Gasteiger partial charge in [-0.1, -0.05) is 16.8 Å². The van der Waals surface area contributed by atoms with Crippen LogP contribution < -0.4 is 15.5 Å². The molecule has 1 aliphatic heterocycles. The van der Waals surface area contributed by atoms with Gasteiger partial charge in [0.05, 0.1) is 18.4 Å². The Morgan fingerprint density at radius 3 is 2.84 bits per heavy atom. The number of benzene rings is 1. The molecule has 0 aliphatic carbocycles. The number of nitrogens with one attached hydrogen (secondary N) is 2. The Morgan fingerprint density at radius 2 is 2.13 bits per heavy atom. The molecular weight excluding hydrogens is 531 g/mol. The summed E-state index contributed by atoms with van der Waals surface area (Å²) >= 11 is 5.93. The molecule has 0 spiro atoms. The lowest BCUT2D eigenvalue weighted by molar-refractivity contribution is 0.374. The van der Waals surface area contributed by atoms with Gasteiger partial charge in [0.1, 0.15) is 0 Å². The molecule has 166 valence electrons. The van der Waals surface area contributed by atoms with Gasteiger partial charge >= 0.3 is 0 Å². The number of aliphatic imine (C=N–C) groups is 1. The Kier molecular flexibility index (Phi) is 8.13. The Labute approximate surface area is 203 Å². The molecule has 3 heterocycles. The van der Waals surface area contributed by atoms with Crippen molar-refractivity contribution in [2.45, 2.75) is 25.4 Å². The number of aryl methyl sites for hydroxylation is 1. The van der Waals surface area contributed by atoms with E-state index >= 15 is 0 Å². The number of guanidine groups is 1. The molecule has 1 saturated heterocycles. The smallest absolute Gasteiger partial charge is 0.246 e. The molecule has 0 saturated carbocycles. The van der Waals surface area contributed by atoms with E-state index in [9.17, 15) is 0 Å². The normalized spacial score (nSPS) is 16.7. The zero-order valence-electron chi connectivity index (χ0n) is 17.5. The molecule has 1 aromatic carbocycles. The zero-order valence-corrected chi connectivity index (χ0v) is 20.5. The number of piperidine rings is 1. The van der Waals surface area contributed by atoms with Crippen molar-refractivity contribution in [1.29, 1.82) is 0 Å². The summed E-state index contributed by atoms with van der Waals surface area (Å²) < 4.78 is 7.18. The van der Waals surface area contributed by atoms with Gasteiger partial charge < -0.3 is 20.1 Å². The van der Waals surface area contributed by atoms with Crippen LogP contribution in [0.15, 0.2) is 46.2 Å². The van der Waals surface area contributed by atoms with Crippen molar-refractivity contribution in [3.05, 3.63) is 47.6 Å². The molecule has 1 fully saturated rings. The van der Waals surface area contributed by atoms with E-state index in [4.69, 9.17) is 16.1 Å². The van der Waals surface area contributed by atoms with Gasteiger partial charge in [0.2, 0.25) is 11.7 Å². The molecule has 3 aromatic rings. The predicted molar refractivity (Wildman–Crippen MR) is 132 cm³/mol. The summed E-state index contributed by atoms with van der Waals surface area (Å²) in [5.74, 6) is 1.73. The quantitative estimate of drug-likeness (QED) is 0.283. The van der Waals surface area contributed by atoms with E-state index in [1.54, 1.807) is 19.2 Å². The first kappa shape index (κ1) is 23.3. The Balaban J connectivity index is 0.00000272. The van der Waals surface area contributed by atoms with Crippen molar-refractivity contribution in [2.75, 3.05) is 25.0 Å². The van der Waals surface area contributed by atoms with Crippen LogP contribution in [-0.4, -0.2) is 52.1 Å². The molecule has 1 unspecified atom stereocenters. The van der Waals surface area contributed by atoms with Crippen molar-refractivity contribution in [3.63, 3.8) is 0 Å². The fourth-order valence-electron chi connectivity index (χ4n) is 3.49. The van der Waals surface area contributed by atoms with E-state index in [-0.39, 0.29) is 30.0 Å². The number of anilines is 1. The maximum Gasteiger partial charge on any atom is 0.246 e. The van der Waals surface area contributed by atoms with Gasteiger partial charge in [-0.15, -0.1) is 24.0 Å². The number of nitrogens with zero attached hydrogens (tertiary/aromatic N) is 6. The monoisotopic (exact) mass is 556 g/mol. The minimum atomic E-state index is 0. The molecule has 0 bridgehead atoms.